The molecule has 0 spiro atoms. The van der Waals surface area contributed by atoms with E-state index in [2.05, 4.69) is 13.8 Å². The van der Waals surface area contributed by atoms with Crippen molar-refractivity contribution < 1.29 is 19.2 Å². The maximum Gasteiger partial charge on any atom is 0.291 e. The van der Waals surface area contributed by atoms with Crippen LogP contribution in [0.25, 0.3) is 0 Å². The summed E-state index contributed by atoms with van der Waals surface area (Å²) in [5.41, 5.74) is 1.23. The minimum absolute atomic E-state index is 0.323. The van der Waals surface area contributed by atoms with Crippen LogP contribution in [0.3, 0.4) is 0 Å². The summed E-state index contributed by atoms with van der Waals surface area (Å²) in [5.74, 6) is -1.16. The van der Waals surface area contributed by atoms with Crippen LogP contribution >= 0.6 is 0 Å². The van der Waals surface area contributed by atoms with Gasteiger partial charge >= 0.3 is 0 Å². The Morgan fingerprint density at radius 3 is 1.32 bits per heavy atom. The number of carbonyl (C=O) groups is 4. The van der Waals surface area contributed by atoms with Gasteiger partial charge in [-0.25, -0.2) is 0 Å². The molecule has 0 N–H and O–H groups in total. The van der Waals surface area contributed by atoms with Crippen LogP contribution in [0, 0.1) is 0 Å². The molecule has 1 aromatic carbocycles. The second-order valence-corrected chi connectivity index (χ2v) is 6.85. The van der Waals surface area contributed by atoms with Gasteiger partial charge in [0.2, 0.25) is 12.6 Å². The molecular weight excluding hydrogens is 356 g/mol. The van der Waals surface area contributed by atoms with Gasteiger partial charge in [0.05, 0.1) is 0 Å². The molecule has 0 aliphatic heterocycles. The number of benzene rings is 1. The number of carbonyl (C=O) groups excluding carboxylic acids is 4. The fraction of sp³-hybridized carbons (Fsp3) is 0.545. The van der Waals surface area contributed by atoms with Gasteiger partial charge in [0, 0.05) is 24.5 Å². The topological polar surface area (TPSA) is 74.8 Å². The lowest BCUT2D eigenvalue weighted by molar-refractivity contribution is -0.129. The Kier molecular flexibility index (Phi) is 11.5. The Morgan fingerprint density at radius 1 is 0.679 bits per heavy atom. The molecule has 154 valence electrons. The van der Waals surface area contributed by atoms with Gasteiger partial charge in [-0.1, -0.05) is 52.4 Å². The zero-order chi connectivity index (χ0) is 20.8. The molecule has 0 unspecified atom stereocenters. The minimum Gasteiger partial charge on any atom is -0.306 e. The lowest BCUT2D eigenvalue weighted by atomic mass is 10.1. The van der Waals surface area contributed by atoms with E-state index >= 15 is 0 Å². The molecule has 0 radical (unpaired) electrons. The summed E-state index contributed by atoms with van der Waals surface area (Å²) in [4.78, 5) is 48.9. The highest BCUT2D eigenvalue weighted by molar-refractivity contribution is 6.31. The van der Waals surface area contributed by atoms with Crippen LogP contribution in [-0.4, -0.2) is 37.5 Å². The quantitative estimate of drug-likeness (QED) is 0.275. The predicted molar refractivity (Wildman–Crippen MR) is 112 cm³/mol. The molecular formula is C22H32N2O4. The molecule has 1 rings (SSSR count). The molecule has 0 saturated heterocycles. The summed E-state index contributed by atoms with van der Waals surface area (Å²) < 4.78 is 0. The van der Waals surface area contributed by atoms with E-state index in [1.807, 2.05) is 0 Å². The molecule has 0 heterocycles. The molecule has 0 fully saturated rings. The summed E-state index contributed by atoms with van der Waals surface area (Å²) in [6.45, 7) is 5.18. The zero-order valence-electron chi connectivity index (χ0n) is 17.1. The fourth-order valence-corrected chi connectivity index (χ4v) is 3.07. The van der Waals surface area contributed by atoms with Gasteiger partial charge < -0.3 is 9.80 Å². The average molecular weight is 389 g/mol. The van der Waals surface area contributed by atoms with Crippen molar-refractivity contribution in [3.63, 3.8) is 0 Å². The van der Waals surface area contributed by atoms with Gasteiger partial charge in [-0.05, 0) is 37.1 Å². The van der Waals surface area contributed by atoms with Crippen molar-refractivity contribution in [2.45, 2.75) is 65.2 Å². The van der Waals surface area contributed by atoms with Crippen molar-refractivity contribution in [2.75, 3.05) is 22.9 Å². The number of anilines is 2. The van der Waals surface area contributed by atoms with Gasteiger partial charge in [-0.2, -0.15) is 0 Å². The maximum atomic E-state index is 12.0. The standard InChI is InChI=1S/C22H32N2O4/c1-3-5-7-9-15-23(21(27)17-25)19-11-13-20(14-12-19)24(22(28)18-26)16-10-8-6-4-2/h11-14,17-18H,3-10,15-16H2,1-2H3. The number of rotatable bonds is 14. The van der Waals surface area contributed by atoms with E-state index in [0.717, 1.165) is 51.4 Å². The number of amides is 2. The monoisotopic (exact) mass is 388 g/mol. The van der Waals surface area contributed by atoms with Gasteiger partial charge in [-0.3, -0.25) is 19.2 Å². The molecule has 0 saturated carbocycles. The molecule has 6 heteroatoms. The van der Waals surface area contributed by atoms with Gasteiger partial charge in [0.15, 0.2) is 0 Å². The lowest BCUT2D eigenvalue weighted by Crippen LogP contribution is -2.34. The summed E-state index contributed by atoms with van der Waals surface area (Å²) in [7, 11) is 0. The van der Waals surface area contributed by atoms with E-state index in [1.54, 1.807) is 24.3 Å². The van der Waals surface area contributed by atoms with Crippen molar-refractivity contribution in [1.82, 2.24) is 0 Å². The third kappa shape index (κ3) is 7.62. The second-order valence-electron chi connectivity index (χ2n) is 6.85. The summed E-state index contributed by atoms with van der Waals surface area (Å²) in [5, 5.41) is 0. The van der Waals surface area contributed by atoms with Crippen LogP contribution in [0.4, 0.5) is 11.4 Å². The first-order valence-corrected chi connectivity index (χ1v) is 10.2. The third-order valence-electron chi connectivity index (χ3n) is 4.68. The van der Waals surface area contributed by atoms with E-state index in [9.17, 15) is 19.2 Å². The predicted octanol–water partition coefficient (Wildman–Crippen LogP) is 3.91. The molecule has 0 atom stereocenters. The number of nitrogens with zero attached hydrogens (tertiary/aromatic N) is 2. The SMILES string of the molecule is CCCCCCN(C(=O)C=O)c1ccc(N(CCCCCC)C(=O)C=O)cc1. The molecule has 2 amide bonds. The zero-order valence-corrected chi connectivity index (χ0v) is 17.1. The highest BCUT2D eigenvalue weighted by Crippen LogP contribution is 2.22. The van der Waals surface area contributed by atoms with Crippen LogP contribution in [0.5, 0.6) is 0 Å². The fourth-order valence-electron chi connectivity index (χ4n) is 3.07. The van der Waals surface area contributed by atoms with Gasteiger partial charge in [-0.15, -0.1) is 0 Å². The molecule has 6 nitrogen and oxygen atoms in total. The third-order valence-corrected chi connectivity index (χ3v) is 4.68. The van der Waals surface area contributed by atoms with Crippen molar-refractivity contribution in [3.8, 4) is 0 Å². The lowest BCUT2D eigenvalue weighted by Gasteiger charge is -2.23. The molecule has 0 aliphatic rings. The van der Waals surface area contributed by atoms with E-state index < -0.39 is 11.8 Å². The van der Waals surface area contributed by atoms with Crippen LogP contribution in [-0.2, 0) is 19.2 Å². The van der Waals surface area contributed by atoms with Gasteiger partial charge in [0.25, 0.3) is 11.8 Å². The Morgan fingerprint density at radius 2 is 1.04 bits per heavy atom. The van der Waals surface area contributed by atoms with Gasteiger partial charge in [0.1, 0.15) is 0 Å². The first-order chi connectivity index (χ1) is 13.6. The van der Waals surface area contributed by atoms with E-state index in [0.29, 0.717) is 37.0 Å². The Hall–Kier alpha value is -2.50. The second kappa shape index (κ2) is 13.6. The number of hydrogen-bond acceptors (Lipinski definition) is 4. The molecule has 0 bridgehead atoms. The van der Waals surface area contributed by atoms with Crippen molar-refractivity contribution >= 4 is 35.8 Å². The molecule has 1 aromatic rings. The van der Waals surface area contributed by atoms with E-state index in [-0.39, 0.29) is 0 Å². The number of unbranched alkanes of at least 4 members (excludes halogenated alkanes) is 6. The normalized spacial score (nSPS) is 10.4. The van der Waals surface area contributed by atoms with Crippen molar-refractivity contribution in [3.05, 3.63) is 24.3 Å². The number of aldehydes is 2. The summed E-state index contributed by atoms with van der Waals surface area (Å²) in [6.07, 6.45) is 8.64. The molecule has 0 aromatic heterocycles. The number of hydrogen-bond donors (Lipinski definition) is 0. The van der Waals surface area contributed by atoms with Crippen molar-refractivity contribution in [2.24, 2.45) is 0 Å². The first kappa shape index (κ1) is 23.5. The minimum atomic E-state index is -0.579. The van der Waals surface area contributed by atoms with Crippen LogP contribution in [0.1, 0.15) is 65.2 Å². The smallest absolute Gasteiger partial charge is 0.291 e. The van der Waals surface area contributed by atoms with E-state index in [4.69, 9.17) is 0 Å². The van der Waals surface area contributed by atoms with E-state index in [1.165, 1.54) is 9.80 Å². The summed E-state index contributed by atoms with van der Waals surface area (Å²) in [6, 6.07) is 6.86. The Labute approximate surface area is 167 Å². The highest BCUT2D eigenvalue weighted by atomic mass is 16.2. The molecule has 28 heavy (non-hydrogen) atoms. The van der Waals surface area contributed by atoms with Crippen LogP contribution in [0.15, 0.2) is 24.3 Å². The van der Waals surface area contributed by atoms with Crippen LogP contribution < -0.4 is 9.80 Å². The van der Waals surface area contributed by atoms with Crippen molar-refractivity contribution in [1.29, 1.82) is 0 Å². The molecule has 0 aliphatic carbocycles. The Bertz CT molecular complexity index is 573. The first-order valence-electron chi connectivity index (χ1n) is 10.2. The average Bonchev–Trinajstić information content (AvgIpc) is 2.73. The largest absolute Gasteiger partial charge is 0.306 e. The van der Waals surface area contributed by atoms with Crippen LogP contribution in [0.2, 0.25) is 0 Å². The maximum absolute atomic E-state index is 12.0. The highest BCUT2D eigenvalue weighted by Gasteiger charge is 2.17. The summed E-state index contributed by atoms with van der Waals surface area (Å²) >= 11 is 0. The Balaban J connectivity index is 2.89.